The molecule has 2 aromatic rings. The third kappa shape index (κ3) is 5.21. The van der Waals surface area contributed by atoms with Gasteiger partial charge in [0.1, 0.15) is 16.4 Å². The summed E-state index contributed by atoms with van der Waals surface area (Å²) in [6.45, 7) is 3.64. The van der Waals surface area contributed by atoms with Crippen LogP contribution in [0.15, 0.2) is 47.4 Å². The van der Waals surface area contributed by atoms with E-state index in [1.54, 1.807) is 6.07 Å². The van der Waals surface area contributed by atoms with E-state index in [9.17, 15) is 13.2 Å². The highest BCUT2D eigenvalue weighted by Crippen LogP contribution is 2.28. The average Bonchev–Trinajstić information content (AvgIpc) is 2.66. The average molecular weight is 392 g/mol. The second-order valence-electron chi connectivity index (χ2n) is 6.13. The number of amides is 1. The van der Waals surface area contributed by atoms with Crippen molar-refractivity contribution >= 4 is 21.6 Å². The molecule has 0 radical (unpaired) electrons. The molecule has 0 spiro atoms. The standard InChI is InChI=1S/C19H24N2O5S/c1-13(2)15-7-5-6-8-16(15)21-19(22)12-20-27(23,24)18-10-9-14(25-3)11-17(18)26-4/h5-11,13,20H,12H2,1-4H3,(H,21,22). The first kappa shape index (κ1) is 20.7. The fourth-order valence-electron chi connectivity index (χ4n) is 2.54. The number of hydrogen-bond donors (Lipinski definition) is 2. The lowest BCUT2D eigenvalue weighted by Crippen LogP contribution is -2.33. The van der Waals surface area contributed by atoms with E-state index in [4.69, 9.17) is 9.47 Å². The molecule has 0 fully saturated rings. The third-order valence-electron chi connectivity index (χ3n) is 3.94. The van der Waals surface area contributed by atoms with Gasteiger partial charge in [-0.25, -0.2) is 13.1 Å². The van der Waals surface area contributed by atoms with E-state index in [0.717, 1.165) is 5.56 Å². The molecule has 2 aromatic carbocycles. The van der Waals surface area contributed by atoms with E-state index >= 15 is 0 Å². The molecule has 2 rings (SSSR count). The monoisotopic (exact) mass is 392 g/mol. The summed E-state index contributed by atoms with van der Waals surface area (Å²) in [7, 11) is -1.10. The SMILES string of the molecule is COc1ccc(S(=O)(=O)NCC(=O)Nc2ccccc2C(C)C)c(OC)c1. The molecular weight excluding hydrogens is 368 g/mol. The van der Waals surface area contributed by atoms with E-state index in [-0.39, 0.29) is 16.6 Å². The van der Waals surface area contributed by atoms with Crippen LogP contribution in [0.3, 0.4) is 0 Å². The second-order valence-corrected chi connectivity index (χ2v) is 7.87. The van der Waals surface area contributed by atoms with Crippen molar-refractivity contribution in [3.63, 3.8) is 0 Å². The smallest absolute Gasteiger partial charge is 0.244 e. The van der Waals surface area contributed by atoms with Crippen LogP contribution in [-0.4, -0.2) is 35.1 Å². The zero-order valence-electron chi connectivity index (χ0n) is 15.8. The number of hydrogen-bond acceptors (Lipinski definition) is 5. The summed E-state index contributed by atoms with van der Waals surface area (Å²) in [6.07, 6.45) is 0. The number of para-hydroxylation sites is 1. The number of carbonyl (C=O) groups excluding carboxylic acids is 1. The molecule has 8 heteroatoms. The fraction of sp³-hybridized carbons (Fsp3) is 0.316. The second kappa shape index (κ2) is 8.88. The predicted octanol–water partition coefficient (Wildman–Crippen LogP) is 2.74. The summed E-state index contributed by atoms with van der Waals surface area (Å²) in [5, 5.41) is 2.75. The van der Waals surface area contributed by atoms with Crippen molar-refractivity contribution in [1.29, 1.82) is 0 Å². The summed E-state index contributed by atoms with van der Waals surface area (Å²) in [6, 6.07) is 11.8. The predicted molar refractivity (Wildman–Crippen MR) is 104 cm³/mol. The van der Waals surface area contributed by atoms with Crippen LogP contribution in [0.25, 0.3) is 0 Å². The Hall–Kier alpha value is -2.58. The van der Waals surface area contributed by atoms with Crippen LogP contribution >= 0.6 is 0 Å². The molecule has 27 heavy (non-hydrogen) atoms. The Labute approximate surface area is 159 Å². The van der Waals surface area contributed by atoms with Gasteiger partial charge < -0.3 is 14.8 Å². The Morgan fingerprint density at radius 2 is 1.78 bits per heavy atom. The Morgan fingerprint density at radius 3 is 2.41 bits per heavy atom. The zero-order valence-corrected chi connectivity index (χ0v) is 16.6. The first-order chi connectivity index (χ1) is 12.8. The highest BCUT2D eigenvalue weighted by atomic mass is 32.2. The Kier molecular flexibility index (Phi) is 6.81. The summed E-state index contributed by atoms with van der Waals surface area (Å²) < 4.78 is 37.5. The number of carbonyl (C=O) groups is 1. The van der Waals surface area contributed by atoms with Gasteiger partial charge in [0.05, 0.1) is 20.8 Å². The van der Waals surface area contributed by atoms with Crippen LogP contribution in [0.1, 0.15) is 25.3 Å². The first-order valence-corrected chi connectivity index (χ1v) is 9.87. The van der Waals surface area contributed by atoms with Gasteiger partial charge in [-0.2, -0.15) is 0 Å². The maximum absolute atomic E-state index is 12.5. The molecule has 2 N–H and O–H groups in total. The zero-order chi connectivity index (χ0) is 20.0. The van der Waals surface area contributed by atoms with Crippen molar-refractivity contribution in [2.75, 3.05) is 26.1 Å². The van der Waals surface area contributed by atoms with Crippen molar-refractivity contribution in [3.05, 3.63) is 48.0 Å². The van der Waals surface area contributed by atoms with Crippen molar-refractivity contribution < 1.29 is 22.7 Å². The maximum Gasteiger partial charge on any atom is 0.244 e. The molecule has 0 saturated heterocycles. The van der Waals surface area contributed by atoms with E-state index in [0.29, 0.717) is 11.4 Å². The summed E-state index contributed by atoms with van der Waals surface area (Å²) in [5.74, 6) is 0.363. The van der Waals surface area contributed by atoms with Crippen LogP contribution in [0.5, 0.6) is 11.5 Å². The lowest BCUT2D eigenvalue weighted by Gasteiger charge is -2.14. The number of sulfonamides is 1. The molecule has 7 nitrogen and oxygen atoms in total. The number of ether oxygens (including phenoxy) is 2. The van der Waals surface area contributed by atoms with Gasteiger partial charge in [0, 0.05) is 11.8 Å². The summed E-state index contributed by atoms with van der Waals surface area (Å²) >= 11 is 0. The van der Waals surface area contributed by atoms with Gasteiger partial charge >= 0.3 is 0 Å². The minimum absolute atomic E-state index is 0.0684. The third-order valence-corrected chi connectivity index (χ3v) is 5.38. The highest BCUT2D eigenvalue weighted by molar-refractivity contribution is 7.89. The van der Waals surface area contributed by atoms with Crippen LogP contribution < -0.4 is 19.5 Å². The highest BCUT2D eigenvalue weighted by Gasteiger charge is 2.21. The van der Waals surface area contributed by atoms with Gasteiger partial charge in [0.15, 0.2) is 0 Å². The molecule has 0 aliphatic rings. The number of benzene rings is 2. The minimum Gasteiger partial charge on any atom is -0.497 e. The molecular formula is C19H24N2O5S. The number of anilines is 1. The van der Waals surface area contributed by atoms with Gasteiger partial charge in [-0.15, -0.1) is 0 Å². The van der Waals surface area contributed by atoms with Gasteiger partial charge in [0.2, 0.25) is 15.9 Å². The quantitative estimate of drug-likeness (QED) is 0.720. The lowest BCUT2D eigenvalue weighted by atomic mass is 10.0. The van der Waals surface area contributed by atoms with Gasteiger partial charge in [-0.1, -0.05) is 32.0 Å². The molecule has 0 heterocycles. The van der Waals surface area contributed by atoms with Crippen LogP contribution in [0.2, 0.25) is 0 Å². The van der Waals surface area contributed by atoms with Gasteiger partial charge in [-0.3, -0.25) is 4.79 Å². The van der Waals surface area contributed by atoms with E-state index in [1.165, 1.54) is 32.4 Å². The molecule has 0 saturated carbocycles. The van der Waals surface area contributed by atoms with Crippen molar-refractivity contribution in [1.82, 2.24) is 4.72 Å². The molecule has 1 amide bonds. The normalized spacial score (nSPS) is 11.3. The molecule has 0 aliphatic carbocycles. The molecule has 0 unspecified atom stereocenters. The minimum atomic E-state index is -3.93. The Bertz CT molecular complexity index is 910. The van der Waals surface area contributed by atoms with Crippen LogP contribution in [-0.2, 0) is 14.8 Å². The maximum atomic E-state index is 12.5. The number of rotatable bonds is 8. The lowest BCUT2D eigenvalue weighted by molar-refractivity contribution is -0.115. The van der Waals surface area contributed by atoms with Crippen molar-refractivity contribution in [2.45, 2.75) is 24.7 Å². The van der Waals surface area contributed by atoms with Crippen LogP contribution in [0, 0.1) is 0 Å². The van der Waals surface area contributed by atoms with E-state index < -0.39 is 22.5 Å². The topological polar surface area (TPSA) is 93.7 Å². The molecule has 0 aromatic heterocycles. The molecule has 0 atom stereocenters. The fourth-order valence-corrected chi connectivity index (χ4v) is 3.67. The van der Waals surface area contributed by atoms with Crippen LogP contribution in [0.4, 0.5) is 5.69 Å². The van der Waals surface area contributed by atoms with Crippen molar-refractivity contribution in [2.24, 2.45) is 0 Å². The first-order valence-electron chi connectivity index (χ1n) is 8.39. The van der Waals surface area contributed by atoms with Gasteiger partial charge in [0.25, 0.3) is 0 Å². The van der Waals surface area contributed by atoms with E-state index in [2.05, 4.69) is 10.0 Å². The van der Waals surface area contributed by atoms with Crippen molar-refractivity contribution in [3.8, 4) is 11.5 Å². The molecule has 0 aliphatic heterocycles. The summed E-state index contributed by atoms with van der Waals surface area (Å²) in [5.41, 5.74) is 1.64. The van der Waals surface area contributed by atoms with Gasteiger partial charge in [-0.05, 0) is 29.7 Å². The number of nitrogens with one attached hydrogen (secondary N) is 2. The Morgan fingerprint density at radius 1 is 1.07 bits per heavy atom. The summed E-state index contributed by atoms with van der Waals surface area (Å²) in [4.78, 5) is 12.2. The largest absolute Gasteiger partial charge is 0.497 e. The van der Waals surface area contributed by atoms with E-state index in [1.807, 2.05) is 32.0 Å². The molecule has 146 valence electrons. The molecule has 0 bridgehead atoms. The Balaban J connectivity index is 2.11. The number of methoxy groups -OCH3 is 2.